The lowest BCUT2D eigenvalue weighted by Crippen LogP contribution is -1.95. The summed E-state index contributed by atoms with van der Waals surface area (Å²) in [7, 11) is 0. The molecule has 6 heteroatoms. The number of aryl methyl sites for hydroxylation is 1. The van der Waals surface area contributed by atoms with E-state index in [1.54, 1.807) is 6.33 Å². The van der Waals surface area contributed by atoms with Crippen molar-refractivity contribution in [2.24, 2.45) is 0 Å². The van der Waals surface area contributed by atoms with Crippen LogP contribution in [0.5, 0.6) is 0 Å². The maximum atomic E-state index is 4.34. The molecular formula is C14H13N5S. The van der Waals surface area contributed by atoms with Crippen LogP contribution in [0, 0.1) is 6.92 Å². The summed E-state index contributed by atoms with van der Waals surface area (Å²) >= 11 is 1.81. The largest absolute Gasteiger partial charge is 0.375 e. The molecule has 0 fully saturated rings. The van der Waals surface area contributed by atoms with Crippen LogP contribution < -0.4 is 10.6 Å². The van der Waals surface area contributed by atoms with Crippen molar-refractivity contribution in [3.8, 4) is 0 Å². The quantitative estimate of drug-likeness (QED) is 0.672. The molecule has 1 aliphatic heterocycles. The summed E-state index contributed by atoms with van der Waals surface area (Å²) in [5.74, 6) is 1.77. The van der Waals surface area contributed by atoms with Crippen LogP contribution >= 0.6 is 11.8 Å². The van der Waals surface area contributed by atoms with Crippen LogP contribution in [0.2, 0.25) is 0 Å². The summed E-state index contributed by atoms with van der Waals surface area (Å²) in [6.45, 7) is 2.02. The van der Waals surface area contributed by atoms with Gasteiger partial charge in [0.05, 0.1) is 11.3 Å². The van der Waals surface area contributed by atoms with Crippen LogP contribution in [-0.2, 0) is 0 Å². The van der Waals surface area contributed by atoms with Crippen molar-refractivity contribution in [1.82, 2.24) is 15.0 Å². The maximum Gasteiger partial charge on any atom is 0.143 e. The molecule has 5 nitrogen and oxygen atoms in total. The Bertz CT molecular complexity index is 795. The molecule has 0 saturated heterocycles. The fourth-order valence-electron chi connectivity index (χ4n) is 2.36. The number of rotatable bonds is 2. The Hall–Kier alpha value is -2.21. The molecule has 1 aliphatic rings. The van der Waals surface area contributed by atoms with E-state index < -0.39 is 0 Å². The van der Waals surface area contributed by atoms with Gasteiger partial charge < -0.3 is 15.6 Å². The van der Waals surface area contributed by atoms with Crippen molar-refractivity contribution in [3.63, 3.8) is 0 Å². The van der Waals surface area contributed by atoms with Crippen LogP contribution in [0.3, 0.4) is 0 Å². The number of aromatic amines is 1. The molecule has 0 unspecified atom stereocenters. The van der Waals surface area contributed by atoms with Gasteiger partial charge >= 0.3 is 0 Å². The average molecular weight is 283 g/mol. The second kappa shape index (κ2) is 4.42. The van der Waals surface area contributed by atoms with E-state index in [2.05, 4.69) is 49.9 Å². The smallest absolute Gasteiger partial charge is 0.143 e. The summed E-state index contributed by atoms with van der Waals surface area (Å²) < 4.78 is 0. The number of H-pyrrole nitrogens is 1. The summed E-state index contributed by atoms with van der Waals surface area (Å²) in [4.78, 5) is 13.1. The number of aromatic nitrogens is 3. The number of hydrogen-bond donors (Lipinski definition) is 3. The zero-order valence-corrected chi connectivity index (χ0v) is 11.7. The predicted octanol–water partition coefficient (Wildman–Crippen LogP) is 3.49. The summed E-state index contributed by atoms with van der Waals surface area (Å²) in [6.07, 6.45) is 1.57. The molecule has 0 saturated carbocycles. The lowest BCUT2D eigenvalue weighted by atomic mass is 10.2. The lowest BCUT2D eigenvalue weighted by Gasteiger charge is -2.07. The first-order chi connectivity index (χ1) is 9.79. The zero-order chi connectivity index (χ0) is 13.5. The Balaban J connectivity index is 1.74. The van der Waals surface area contributed by atoms with Crippen molar-refractivity contribution < 1.29 is 0 Å². The number of benzene rings is 1. The predicted molar refractivity (Wildman–Crippen MR) is 82.7 cm³/mol. The van der Waals surface area contributed by atoms with Crippen molar-refractivity contribution >= 4 is 40.0 Å². The number of nitrogens with zero attached hydrogens (tertiary/aromatic N) is 2. The highest BCUT2D eigenvalue weighted by atomic mass is 32.2. The van der Waals surface area contributed by atoms with Crippen molar-refractivity contribution in [2.75, 3.05) is 16.5 Å². The number of hydrogen-bond acceptors (Lipinski definition) is 5. The third kappa shape index (κ3) is 1.89. The van der Waals surface area contributed by atoms with Gasteiger partial charge in [-0.1, -0.05) is 0 Å². The fraction of sp³-hybridized carbons (Fsp3) is 0.143. The molecule has 0 spiro atoms. The van der Waals surface area contributed by atoms with Crippen molar-refractivity contribution in [1.29, 1.82) is 0 Å². The molecule has 0 atom stereocenters. The number of nitrogens with one attached hydrogen (secondary N) is 3. The van der Waals surface area contributed by atoms with E-state index in [0.29, 0.717) is 0 Å². The first kappa shape index (κ1) is 11.6. The van der Waals surface area contributed by atoms with Gasteiger partial charge in [0.1, 0.15) is 17.8 Å². The van der Waals surface area contributed by atoms with E-state index in [1.165, 1.54) is 10.6 Å². The molecule has 2 aromatic heterocycles. The van der Waals surface area contributed by atoms with Crippen LogP contribution in [-0.4, -0.2) is 20.8 Å². The molecule has 0 amide bonds. The number of fused-ring (bicyclic) bond motifs is 2. The van der Waals surface area contributed by atoms with Gasteiger partial charge in [-0.05, 0) is 31.2 Å². The van der Waals surface area contributed by atoms with Gasteiger partial charge in [-0.2, -0.15) is 0 Å². The molecule has 3 aromatic rings. The standard InChI is InChI=1S/C14H13N5S/c1-8-4-10-13(18-8)15-6-16-14(10)19-9-2-3-11-12(5-9)20-7-17-11/h2-6,17H,7H2,1H3,(H2,15,16,18,19). The molecule has 4 rings (SSSR count). The summed E-state index contributed by atoms with van der Waals surface area (Å²) in [5, 5.41) is 7.72. The first-order valence-electron chi connectivity index (χ1n) is 6.38. The maximum absolute atomic E-state index is 4.34. The molecule has 0 bridgehead atoms. The summed E-state index contributed by atoms with van der Waals surface area (Å²) in [6, 6.07) is 8.36. The van der Waals surface area contributed by atoms with Crippen LogP contribution in [0.15, 0.2) is 35.5 Å². The normalized spacial score (nSPS) is 13.2. The topological polar surface area (TPSA) is 65.6 Å². The Morgan fingerprint density at radius 2 is 2.20 bits per heavy atom. The Labute approximate surface area is 120 Å². The third-order valence-electron chi connectivity index (χ3n) is 3.29. The monoisotopic (exact) mass is 283 g/mol. The van der Waals surface area contributed by atoms with Gasteiger partial charge in [0, 0.05) is 22.0 Å². The van der Waals surface area contributed by atoms with Crippen LogP contribution in [0.4, 0.5) is 17.2 Å². The van der Waals surface area contributed by atoms with Gasteiger partial charge in [0.15, 0.2) is 0 Å². The minimum absolute atomic E-state index is 0.829. The second-order valence-electron chi connectivity index (χ2n) is 4.74. The Kier molecular flexibility index (Phi) is 2.56. The molecule has 100 valence electrons. The molecule has 0 aliphatic carbocycles. The Morgan fingerprint density at radius 1 is 1.25 bits per heavy atom. The van der Waals surface area contributed by atoms with Gasteiger partial charge in [0.2, 0.25) is 0 Å². The minimum Gasteiger partial charge on any atom is -0.375 e. The first-order valence-corrected chi connectivity index (χ1v) is 7.36. The molecule has 3 N–H and O–H groups in total. The van der Waals surface area contributed by atoms with E-state index in [4.69, 9.17) is 0 Å². The highest BCUT2D eigenvalue weighted by Gasteiger charge is 2.12. The van der Waals surface area contributed by atoms with Gasteiger partial charge in [-0.25, -0.2) is 9.97 Å². The van der Waals surface area contributed by atoms with E-state index in [0.717, 1.165) is 34.1 Å². The highest BCUT2D eigenvalue weighted by Crippen LogP contribution is 2.36. The van der Waals surface area contributed by atoms with Crippen molar-refractivity contribution in [2.45, 2.75) is 11.8 Å². The zero-order valence-electron chi connectivity index (χ0n) is 10.9. The molecule has 20 heavy (non-hydrogen) atoms. The molecular weight excluding hydrogens is 270 g/mol. The van der Waals surface area contributed by atoms with Crippen LogP contribution in [0.25, 0.3) is 11.0 Å². The van der Waals surface area contributed by atoms with Crippen LogP contribution in [0.1, 0.15) is 5.69 Å². The summed E-state index contributed by atoms with van der Waals surface area (Å²) in [5.41, 5.74) is 4.18. The second-order valence-corrected chi connectivity index (χ2v) is 5.76. The molecule has 3 heterocycles. The Morgan fingerprint density at radius 3 is 3.15 bits per heavy atom. The van der Waals surface area contributed by atoms with E-state index >= 15 is 0 Å². The fourth-order valence-corrected chi connectivity index (χ4v) is 3.25. The van der Waals surface area contributed by atoms with Gasteiger partial charge in [0.25, 0.3) is 0 Å². The van der Waals surface area contributed by atoms with Crippen molar-refractivity contribution in [3.05, 3.63) is 36.3 Å². The minimum atomic E-state index is 0.829. The van der Waals surface area contributed by atoms with E-state index in [-0.39, 0.29) is 0 Å². The van der Waals surface area contributed by atoms with Gasteiger partial charge in [-0.15, -0.1) is 11.8 Å². The molecule has 0 radical (unpaired) electrons. The van der Waals surface area contributed by atoms with E-state index in [9.17, 15) is 0 Å². The van der Waals surface area contributed by atoms with Gasteiger partial charge in [-0.3, -0.25) is 0 Å². The SMILES string of the molecule is Cc1cc2c(Nc3ccc4c(c3)SCN4)ncnc2[nH]1. The average Bonchev–Trinajstić information content (AvgIpc) is 3.04. The van der Waals surface area contributed by atoms with E-state index in [1.807, 2.05) is 18.7 Å². The highest BCUT2D eigenvalue weighted by molar-refractivity contribution is 7.99. The lowest BCUT2D eigenvalue weighted by molar-refractivity contribution is 1.18. The molecule has 1 aromatic carbocycles. The number of thioether (sulfide) groups is 1. The third-order valence-corrected chi connectivity index (χ3v) is 4.23. The number of anilines is 3.